The van der Waals surface area contributed by atoms with Crippen molar-refractivity contribution in [1.29, 1.82) is 0 Å². The van der Waals surface area contributed by atoms with E-state index in [1.54, 1.807) is 41.3 Å². The molecule has 4 aromatic rings. The van der Waals surface area contributed by atoms with E-state index in [2.05, 4.69) is 9.97 Å². The molecule has 180 valence electrons. The zero-order chi connectivity index (χ0) is 25.3. The molecule has 35 heavy (non-hydrogen) atoms. The summed E-state index contributed by atoms with van der Waals surface area (Å²) in [5.74, 6) is -0.734. The van der Waals surface area contributed by atoms with Crippen molar-refractivity contribution in [3.63, 3.8) is 0 Å². The standard InChI is InChI=1S/C24H22FN5O4S/c1-29(13-22(26)31)23(32)14-4-6-17-20(8-14)30(12-21(17)35(3)33)24-27-10-15(11-28-24)18-9-16(34-2)5-7-19(18)25/h4-12H,13H2,1-3H3,(H2,26,31). The number of carbonyl (C=O) groups excluding carboxylic acids is 2. The second-order valence-electron chi connectivity index (χ2n) is 7.79. The fourth-order valence-corrected chi connectivity index (χ4v) is 4.42. The third kappa shape index (κ3) is 4.76. The molecule has 0 aliphatic carbocycles. The van der Waals surface area contributed by atoms with Crippen molar-refractivity contribution in [2.75, 3.05) is 27.0 Å². The van der Waals surface area contributed by atoms with Gasteiger partial charge in [0.15, 0.2) is 0 Å². The average molecular weight is 496 g/mol. The van der Waals surface area contributed by atoms with Crippen LogP contribution in [0, 0.1) is 5.82 Å². The molecule has 11 heteroatoms. The number of rotatable bonds is 7. The van der Waals surface area contributed by atoms with Crippen LogP contribution in [0.4, 0.5) is 4.39 Å². The number of aromatic nitrogens is 3. The highest BCUT2D eigenvalue weighted by Gasteiger charge is 2.19. The van der Waals surface area contributed by atoms with Crippen LogP contribution in [-0.4, -0.2) is 62.4 Å². The van der Waals surface area contributed by atoms with Gasteiger partial charge in [-0.1, -0.05) is 6.07 Å². The van der Waals surface area contributed by atoms with Crippen molar-refractivity contribution in [3.05, 3.63) is 66.4 Å². The molecule has 0 bridgehead atoms. The average Bonchev–Trinajstić information content (AvgIpc) is 3.23. The summed E-state index contributed by atoms with van der Waals surface area (Å²) >= 11 is 0. The Labute approximate surface area is 202 Å². The van der Waals surface area contributed by atoms with Gasteiger partial charge < -0.3 is 15.4 Å². The number of fused-ring (bicyclic) bond motifs is 1. The maximum Gasteiger partial charge on any atom is 0.254 e. The lowest BCUT2D eigenvalue weighted by Gasteiger charge is -2.15. The first kappa shape index (κ1) is 24.0. The Hall–Kier alpha value is -4.12. The molecule has 0 aliphatic rings. The number of carbonyl (C=O) groups is 2. The van der Waals surface area contributed by atoms with Crippen molar-refractivity contribution in [2.45, 2.75) is 4.90 Å². The highest BCUT2D eigenvalue weighted by molar-refractivity contribution is 7.84. The van der Waals surface area contributed by atoms with Crippen LogP contribution in [0.2, 0.25) is 0 Å². The van der Waals surface area contributed by atoms with E-state index >= 15 is 0 Å². The second-order valence-corrected chi connectivity index (χ2v) is 9.14. The number of hydrogen-bond acceptors (Lipinski definition) is 6. The third-order valence-electron chi connectivity index (χ3n) is 5.40. The van der Waals surface area contributed by atoms with Crippen LogP contribution in [0.15, 0.2) is 59.9 Å². The Balaban J connectivity index is 1.79. The molecule has 0 fully saturated rings. The minimum absolute atomic E-state index is 0.229. The number of ether oxygens (including phenoxy) is 1. The molecule has 2 amide bonds. The monoisotopic (exact) mass is 495 g/mol. The number of likely N-dealkylation sites (N-methyl/N-ethyl adjacent to an activating group) is 1. The van der Waals surface area contributed by atoms with Crippen molar-refractivity contribution in [2.24, 2.45) is 5.73 Å². The number of benzene rings is 2. The van der Waals surface area contributed by atoms with Crippen molar-refractivity contribution >= 4 is 33.5 Å². The Morgan fingerprint density at radius 3 is 2.51 bits per heavy atom. The van der Waals surface area contributed by atoms with Gasteiger partial charge in [0.1, 0.15) is 11.6 Å². The van der Waals surface area contributed by atoms with Crippen molar-refractivity contribution < 1.29 is 22.9 Å². The van der Waals surface area contributed by atoms with Crippen LogP contribution >= 0.6 is 0 Å². The first-order chi connectivity index (χ1) is 16.7. The first-order valence-corrected chi connectivity index (χ1v) is 11.9. The molecule has 2 aromatic heterocycles. The zero-order valence-corrected chi connectivity index (χ0v) is 20.0. The third-order valence-corrected chi connectivity index (χ3v) is 6.35. The molecule has 2 heterocycles. The van der Waals surface area contributed by atoms with E-state index in [4.69, 9.17) is 10.5 Å². The lowest BCUT2D eigenvalue weighted by molar-refractivity contribution is -0.118. The van der Waals surface area contributed by atoms with Gasteiger partial charge in [0.25, 0.3) is 5.91 Å². The summed E-state index contributed by atoms with van der Waals surface area (Å²) in [6.07, 6.45) is 6.14. The molecule has 0 saturated carbocycles. The number of nitrogens with zero attached hydrogens (tertiary/aromatic N) is 4. The minimum atomic E-state index is -1.33. The zero-order valence-electron chi connectivity index (χ0n) is 19.2. The van der Waals surface area contributed by atoms with Crippen LogP contribution in [0.3, 0.4) is 0 Å². The van der Waals surface area contributed by atoms with Crippen molar-refractivity contribution in [3.8, 4) is 22.8 Å². The molecule has 1 atom stereocenters. The first-order valence-electron chi connectivity index (χ1n) is 10.4. The lowest BCUT2D eigenvalue weighted by atomic mass is 10.1. The SMILES string of the molecule is COc1ccc(F)c(-c2cnc(-n3cc(S(C)=O)c4ccc(C(=O)N(C)CC(N)=O)cc43)nc2)c1. The largest absolute Gasteiger partial charge is 0.497 e. The van der Waals surface area contributed by atoms with E-state index in [0.717, 1.165) is 0 Å². The van der Waals surface area contributed by atoms with Gasteiger partial charge in [-0.15, -0.1) is 0 Å². The van der Waals surface area contributed by atoms with E-state index < -0.39 is 28.4 Å². The van der Waals surface area contributed by atoms with Gasteiger partial charge >= 0.3 is 0 Å². The predicted molar refractivity (Wildman–Crippen MR) is 129 cm³/mol. The number of halogens is 1. The topological polar surface area (TPSA) is 120 Å². The molecule has 0 aliphatic heterocycles. The summed E-state index contributed by atoms with van der Waals surface area (Å²) in [5, 5.41) is 0.659. The summed E-state index contributed by atoms with van der Waals surface area (Å²) in [4.78, 5) is 34.5. The van der Waals surface area contributed by atoms with E-state index in [-0.39, 0.29) is 18.1 Å². The van der Waals surface area contributed by atoms with Crippen LogP contribution in [0.25, 0.3) is 28.0 Å². The van der Waals surface area contributed by atoms with Crippen LogP contribution in [0.1, 0.15) is 10.4 Å². The predicted octanol–water partition coefficient (Wildman–Crippen LogP) is 2.53. The number of hydrogen-bond donors (Lipinski definition) is 1. The molecule has 2 N–H and O–H groups in total. The number of methoxy groups -OCH3 is 1. The molecule has 2 aromatic carbocycles. The Bertz CT molecular complexity index is 1470. The Kier molecular flexibility index (Phi) is 6.61. The maximum atomic E-state index is 14.4. The van der Waals surface area contributed by atoms with Gasteiger partial charge in [0.05, 0.1) is 34.9 Å². The molecular weight excluding hydrogens is 473 g/mol. The number of primary amides is 1. The molecule has 0 saturated heterocycles. The van der Waals surface area contributed by atoms with Crippen LogP contribution in [0.5, 0.6) is 5.75 Å². The van der Waals surface area contributed by atoms with E-state index in [1.807, 2.05) is 0 Å². The van der Waals surface area contributed by atoms with Crippen molar-refractivity contribution in [1.82, 2.24) is 19.4 Å². The van der Waals surface area contributed by atoms with Gasteiger partial charge in [-0.05, 0) is 30.3 Å². The highest BCUT2D eigenvalue weighted by Crippen LogP contribution is 2.29. The Morgan fingerprint density at radius 2 is 1.89 bits per heavy atom. The highest BCUT2D eigenvalue weighted by atomic mass is 32.2. The lowest BCUT2D eigenvalue weighted by Crippen LogP contribution is -2.35. The van der Waals surface area contributed by atoms with Gasteiger partial charge in [0.2, 0.25) is 11.9 Å². The van der Waals surface area contributed by atoms with Gasteiger partial charge in [0, 0.05) is 54.0 Å². The summed E-state index contributed by atoms with van der Waals surface area (Å²) in [6.45, 7) is -0.229. The molecular formula is C24H22FN5O4S. The smallest absolute Gasteiger partial charge is 0.254 e. The summed E-state index contributed by atoms with van der Waals surface area (Å²) < 4.78 is 33.5. The van der Waals surface area contributed by atoms with E-state index in [9.17, 15) is 18.2 Å². The number of amides is 2. The quantitative estimate of drug-likeness (QED) is 0.421. The van der Waals surface area contributed by atoms with Crippen LogP contribution in [-0.2, 0) is 15.6 Å². The molecule has 0 spiro atoms. The summed E-state index contributed by atoms with van der Waals surface area (Å²) in [6, 6.07) is 9.28. The van der Waals surface area contributed by atoms with Gasteiger partial charge in [-0.2, -0.15) is 0 Å². The van der Waals surface area contributed by atoms with E-state index in [0.29, 0.717) is 32.7 Å². The fourth-order valence-electron chi connectivity index (χ4n) is 3.69. The molecule has 4 rings (SSSR count). The normalized spacial score (nSPS) is 11.9. The van der Waals surface area contributed by atoms with E-state index in [1.165, 1.54) is 43.6 Å². The molecule has 1 unspecified atom stereocenters. The number of nitrogens with two attached hydrogens (primary N) is 1. The summed E-state index contributed by atoms with van der Waals surface area (Å²) in [5.41, 5.74) is 6.79. The van der Waals surface area contributed by atoms with Gasteiger partial charge in [-0.3, -0.25) is 18.4 Å². The minimum Gasteiger partial charge on any atom is -0.497 e. The summed E-state index contributed by atoms with van der Waals surface area (Å²) in [7, 11) is 1.64. The van der Waals surface area contributed by atoms with Gasteiger partial charge in [-0.25, -0.2) is 14.4 Å². The van der Waals surface area contributed by atoms with Crippen LogP contribution < -0.4 is 10.5 Å². The Morgan fingerprint density at radius 1 is 1.17 bits per heavy atom. The second kappa shape index (κ2) is 9.63. The molecule has 0 radical (unpaired) electrons. The molecule has 9 nitrogen and oxygen atoms in total. The fraction of sp³-hybridized carbons (Fsp3) is 0.167. The maximum absolute atomic E-state index is 14.4.